The number of fused-ring (bicyclic) bond motifs is 1. The lowest BCUT2D eigenvalue weighted by atomic mass is 10.2. The van der Waals surface area contributed by atoms with E-state index in [0.29, 0.717) is 0 Å². The van der Waals surface area contributed by atoms with E-state index in [1.807, 2.05) is 0 Å². The number of hydrogen-bond donors (Lipinski definition) is 1. The van der Waals surface area contributed by atoms with Gasteiger partial charge in [0.05, 0.1) is 26.2 Å². The second kappa shape index (κ2) is 5.73. The third kappa shape index (κ3) is 2.56. The zero-order valence-corrected chi connectivity index (χ0v) is 12.9. The molecule has 1 saturated heterocycles. The summed E-state index contributed by atoms with van der Waals surface area (Å²) in [5, 5.41) is 3.62. The van der Waals surface area contributed by atoms with Crippen LogP contribution in [0.5, 0.6) is 0 Å². The Bertz CT molecular complexity index is 453. The Hall–Kier alpha value is -1.46. The lowest BCUT2D eigenvalue weighted by Gasteiger charge is -2.42. The number of aliphatic imine (C=N–C) groups is 1. The molecule has 6 nitrogen and oxygen atoms in total. The zero-order valence-electron chi connectivity index (χ0n) is 12.9. The normalized spacial score (nSPS) is 26.1. The van der Waals surface area contributed by atoms with Crippen molar-refractivity contribution in [1.82, 2.24) is 20.0 Å². The highest BCUT2D eigenvalue weighted by Gasteiger charge is 2.33. The molecule has 0 aromatic carbocycles. The molecule has 0 spiro atoms. The van der Waals surface area contributed by atoms with E-state index >= 15 is 0 Å². The molecule has 0 bridgehead atoms. The van der Waals surface area contributed by atoms with Crippen molar-refractivity contribution in [2.24, 2.45) is 4.99 Å². The molecule has 4 heterocycles. The summed E-state index contributed by atoms with van der Waals surface area (Å²) < 4.78 is 2.53. The predicted molar refractivity (Wildman–Crippen MR) is 83.6 cm³/mol. The van der Waals surface area contributed by atoms with Gasteiger partial charge >= 0.3 is 5.96 Å². The van der Waals surface area contributed by atoms with Crippen LogP contribution in [0, 0.1) is 0 Å². The van der Waals surface area contributed by atoms with Crippen LogP contribution in [0.2, 0.25) is 0 Å². The first kappa shape index (κ1) is 13.2. The molecule has 0 radical (unpaired) electrons. The molecule has 0 unspecified atom stereocenters. The van der Waals surface area contributed by atoms with Gasteiger partial charge in [0, 0.05) is 39.0 Å². The second-order valence-electron chi connectivity index (χ2n) is 6.49. The maximum atomic E-state index is 4.80. The number of nitrogens with zero attached hydrogens (tertiary/aromatic N) is 5. The Morgan fingerprint density at radius 2 is 1.81 bits per heavy atom. The van der Waals surface area contributed by atoms with Crippen molar-refractivity contribution in [3.05, 3.63) is 0 Å². The Morgan fingerprint density at radius 1 is 0.952 bits per heavy atom. The van der Waals surface area contributed by atoms with Crippen LogP contribution >= 0.6 is 0 Å². The first-order chi connectivity index (χ1) is 10.4. The van der Waals surface area contributed by atoms with Gasteiger partial charge in [-0.25, -0.2) is 4.90 Å². The minimum atomic E-state index is 0.994. The van der Waals surface area contributed by atoms with Crippen LogP contribution in [0.1, 0.15) is 25.7 Å². The van der Waals surface area contributed by atoms with E-state index in [1.165, 1.54) is 70.3 Å². The van der Waals surface area contributed by atoms with Crippen LogP contribution in [0.3, 0.4) is 0 Å². The van der Waals surface area contributed by atoms with Crippen LogP contribution < -0.4 is 5.32 Å². The fraction of sp³-hybridized carbons (Fsp3) is 0.867. The fourth-order valence-electron chi connectivity index (χ4n) is 3.96. The highest BCUT2D eigenvalue weighted by atomic mass is 15.5. The molecule has 1 N–H and O–H groups in total. The molecule has 21 heavy (non-hydrogen) atoms. The van der Waals surface area contributed by atoms with Gasteiger partial charge in [-0.1, -0.05) is 0 Å². The average molecular weight is 291 g/mol. The molecule has 4 aliphatic rings. The molecule has 116 valence electrons. The summed E-state index contributed by atoms with van der Waals surface area (Å²) in [5.41, 5.74) is 0. The highest BCUT2D eigenvalue weighted by Crippen LogP contribution is 2.16. The third-order valence-corrected chi connectivity index (χ3v) is 4.95. The molecule has 0 amide bonds. The van der Waals surface area contributed by atoms with Crippen LogP contribution in [0.25, 0.3) is 0 Å². The van der Waals surface area contributed by atoms with Crippen molar-refractivity contribution in [3.63, 3.8) is 0 Å². The highest BCUT2D eigenvalue weighted by molar-refractivity contribution is 5.82. The van der Waals surface area contributed by atoms with Crippen LogP contribution in [0.15, 0.2) is 4.99 Å². The molecule has 1 fully saturated rings. The quantitative estimate of drug-likeness (QED) is 0.714. The van der Waals surface area contributed by atoms with Gasteiger partial charge in [0.15, 0.2) is 5.96 Å². The van der Waals surface area contributed by atoms with Crippen LogP contribution in [-0.4, -0.2) is 90.2 Å². The van der Waals surface area contributed by atoms with Gasteiger partial charge in [0.25, 0.3) is 0 Å². The Kier molecular flexibility index (Phi) is 3.61. The first-order valence-corrected chi connectivity index (χ1v) is 8.57. The summed E-state index contributed by atoms with van der Waals surface area (Å²) in [5.74, 6) is 2.61. The zero-order chi connectivity index (χ0) is 14.1. The van der Waals surface area contributed by atoms with Crippen molar-refractivity contribution < 1.29 is 4.58 Å². The van der Waals surface area contributed by atoms with E-state index in [-0.39, 0.29) is 0 Å². The number of guanidine groups is 2. The number of nitrogens with one attached hydrogen (secondary N) is 1. The molecule has 0 atom stereocenters. The second-order valence-corrected chi connectivity index (χ2v) is 6.49. The average Bonchev–Trinajstić information content (AvgIpc) is 2.56. The van der Waals surface area contributed by atoms with E-state index in [2.05, 4.69) is 24.6 Å². The van der Waals surface area contributed by atoms with E-state index in [1.54, 1.807) is 0 Å². The molecular formula is C15H27N6+. The Balaban J connectivity index is 1.50. The topological polar surface area (TPSA) is 37.1 Å². The molecule has 0 aromatic rings. The Labute approximate surface area is 127 Å². The van der Waals surface area contributed by atoms with Crippen molar-refractivity contribution in [2.75, 3.05) is 59.0 Å². The predicted octanol–water partition coefficient (Wildman–Crippen LogP) is -0.221. The fourth-order valence-corrected chi connectivity index (χ4v) is 3.96. The van der Waals surface area contributed by atoms with E-state index in [4.69, 9.17) is 4.99 Å². The standard InChI is InChI=1S/C15H26N6/c1-5-16-14-18(7-1)9-3-11-20(14)13-21-12-4-10-19-8-2-6-17-15(19)21/h1-13H2/p+1. The van der Waals surface area contributed by atoms with Crippen molar-refractivity contribution in [3.8, 4) is 0 Å². The third-order valence-electron chi connectivity index (χ3n) is 4.95. The van der Waals surface area contributed by atoms with Crippen LogP contribution in [-0.2, 0) is 0 Å². The van der Waals surface area contributed by atoms with E-state index < -0.39 is 0 Å². The van der Waals surface area contributed by atoms with E-state index in [9.17, 15) is 0 Å². The molecule has 0 saturated carbocycles. The lowest BCUT2D eigenvalue weighted by Crippen LogP contribution is -2.61. The van der Waals surface area contributed by atoms with Gasteiger partial charge in [0.1, 0.15) is 6.67 Å². The smallest absolute Gasteiger partial charge is 0.343 e. The maximum absolute atomic E-state index is 4.80. The molecule has 4 rings (SSSR count). The monoisotopic (exact) mass is 291 g/mol. The van der Waals surface area contributed by atoms with Gasteiger partial charge in [-0.2, -0.15) is 0 Å². The van der Waals surface area contributed by atoms with Gasteiger partial charge in [-0.3, -0.25) is 14.9 Å². The summed E-state index contributed by atoms with van der Waals surface area (Å²) in [4.78, 5) is 12.3. The van der Waals surface area contributed by atoms with Crippen molar-refractivity contribution in [2.45, 2.75) is 25.7 Å². The SMILES string of the molecule is C1CN=C2N(C1)CCCN2CN1CCC[N+]2=C1NCCC2. The number of hydrogen-bond acceptors (Lipinski definition) is 5. The largest absolute Gasteiger partial charge is 0.349 e. The number of rotatable bonds is 2. The van der Waals surface area contributed by atoms with Crippen molar-refractivity contribution >= 4 is 11.9 Å². The summed E-state index contributed by atoms with van der Waals surface area (Å²) >= 11 is 0. The van der Waals surface area contributed by atoms with Crippen LogP contribution in [0.4, 0.5) is 0 Å². The lowest BCUT2D eigenvalue weighted by molar-refractivity contribution is -0.545. The summed E-state index contributed by atoms with van der Waals surface area (Å²) in [7, 11) is 0. The van der Waals surface area contributed by atoms with Gasteiger partial charge in [-0.05, 0) is 12.8 Å². The minimum absolute atomic E-state index is 0.994. The maximum Gasteiger partial charge on any atom is 0.349 e. The molecular weight excluding hydrogens is 264 g/mol. The first-order valence-electron chi connectivity index (χ1n) is 8.57. The summed E-state index contributed by atoms with van der Waals surface area (Å²) in [6.45, 7) is 10.2. The van der Waals surface area contributed by atoms with Gasteiger partial charge in [-0.15, -0.1) is 0 Å². The molecule has 0 aliphatic carbocycles. The van der Waals surface area contributed by atoms with Gasteiger partial charge in [0.2, 0.25) is 0 Å². The van der Waals surface area contributed by atoms with Gasteiger partial charge < -0.3 is 9.80 Å². The minimum Gasteiger partial charge on any atom is -0.343 e. The summed E-state index contributed by atoms with van der Waals surface area (Å²) in [6, 6.07) is 0. The molecule has 6 heteroatoms. The Morgan fingerprint density at radius 3 is 2.81 bits per heavy atom. The van der Waals surface area contributed by atoms with E-state index in [0.717, 1.165) is 26.3 Å². The molecule has 4 aliphatic heterocycles. The van der Waals surface area contributed by atoms with Crippen molar-refractivity contribution in [1.29, 1.82) is 0 Å². The molecule has 0 aromatic heterocycles. The summed E-state index contributed by atoms with van der Waals surface area (Å²) in [6.07, 6.45) is 5.02.